The Morgan fingerprint density at radius 2 is 2.15 bits per heavy atom. The molecule has 1 heterocycles. The number of pyridine rings is 1. The third-order valence-electron chi connectivity index (χ3n) is 2.50. The number of nitrogens with zero attached hydrogens (tertiary/aromatic N) is 2. The van der Waals surface area contributed by atoms with Gasteiger partial charge in [-0.2, -0.15) is 0 Å². The third-order valence-corrected chi connectivity index (χ3v) is 2.50. The first-order chi connectivity index (χ1) is 9.25. The fourth-order valence-corrected chi connectivity index (χ4v) is 1.77. The number of hydrogen-bond acceptors (Lipinski definition) is 6. The number of hydrogen-bond donors (Lipinski definition) is 3. The van der Waals surface area contributed by atoms with Crippen molar-refractivity contribution in [1.29, 1.82) is 0 Å². The summed E-state index contributed by atoms with van der Waals surface area (Å²) in [5.41, 5.74) is 4.29. The van der Waals surface area contributed by atoms with Gasteiger partial charge < -0.3 is 16.4 Å². The standard InChI is InChI=1S/C12H19N5O3/c1-4-14-10-6-5-8(17(19)20)11(15-10)16-12(2,3)7-9(13)18/h5-6H,4,7H2,1-3H3,(H2,13,18)(H2,14,15,16). The molecule has 0 fully saturated rings. The number of nitro groups is 1. The van der Waals surface area contributed by atoms with Crippen LogP contribution in [0.4, 0.5) is 17.3 Å². The van der Waals surface area contributed by atoms with E-state index in [4.69, 9.17) is 5.73 Å². The Kier molecular flexibility index (Phi) is 4.84. The van der Waals surface area contributed by atoms with E-state index in [2.05, 4.69) is 15.6 Å². The molecule has 0 aliphatic heterocycles. The van der Waals surface area contributed by atoms with Crippen LogP contribution in [0.15, 0.2) is 12.1 Å². The van der Waals surface area contributed by atoms with E-state index in [0.717, 1.165) is 0 Å². The number of amides is 1. The van der Waals surface area contributed by atoms with Crippen LogP contribution in [0, 0.1) is 10.1 Å². The first-order valence-electron chi connectivity index (χ1n) is 6.21. The molecule has 0 spiro atoms. The molecule has 110 valence electrons. The highest BCUT2D eigenvalue weighted by Crippen LogP contribution is 2.27. The topological polar surface area (TPSA) is 123 Å². The zero-order valence-corrected chi connectivity index (χ0v) is 11.8. The van der Waals surface area contributed by atoms with Crippen molar-refractivity contribution in [3.8, 4) is 0 Å². The Balaban J connectivity index is 3.09. The molecular formula is C12H19N5O3. The molecule has 0 aliphatic carbocycles. The summed E-state index contributed by atoms with van der Waals surface area (Å²) in [5.74, 6) is 0.142. The van der Waals surface area contributed by atoms with Gasteiger partial charge in [0.25, 0.3) is 0 Å². The Morgan fingerprint density at radius 3 is 2.65 bits per heavy atom. The lowest BCUT2D eigenvalue weighted by atomic mass is 10.0. The van der Waals surface area contributed by atoms with E-state index in [1.807, 2.05) is 6.92 Å². The van der Waals surface area contributed by atoms with E-state index >= 15 is 0 Å². The van der Waals surface area contributed by atoms with Crippen molar-refractivity contribution < 1.29 is 9.72 Å². The first kappa shape index (κ1) is 15.7. The number of nitrogens with two attached hydrogens (primary N) is 1. The van der Waals surface area contributed by atoms with Crippen molar-refractivity contribution >= 4 is 23.2 Å². The highest BCUT2D eigenvalue weighted by atomic mass is 16.6. The molecule has 0 radical (unpaired) electrons. The molecule has 0 unspecified atom stereocenters. The van der Waals surface area contributed by atoms with E-state index in [0.29, 0.717) is 12.4 Å². The molecule has 4 N–H and O–H groups in total. The second-order valence-corrected chi connectivity index (χ2v) is 5.00. The molecule has 1 aromatic rings. The number of aromatic nitrogens is 1. The van der Waals surface area contributed by atoms with Crippen molar-refractivity contribution in [2.45, 2.75) is 32.7 Å². The molecule has 0 bridgehead atoms. The van der Waals surface area contributed by atoms with Gasteiger partial charge in [0, 0.05) is 24.6 Å². The number of anilines is 2. The number of primary amides is 1. The fourth-order valence-electron chi connectivity index (χ4n) is 1.77. The van der Waals surface area contributed by atoms with Crippen molar-refractivity contribution in [3.05, 3.63) is 22.2 Å². The average molecular weight is 281 g/mol. The van der Waals surface area contributed by atoms with Gasteiger partial charge in [0.1, 0.15) is 5.82 Å². The summed E-state index contributed by atoms with van der Waals surface area (Å²) in [6, 6.07) is 2.90. The van der Waals surface area contributed by atoms with E-state index in [9.17, 15) is 14.9 Å². The molecule has 0 aromatic carbocycles. The lowest BCUT2D eigenvalue weighted by Gasteiger charge is -2.25. The normalized spacial score (nSPS) is 10.9. The SMILES string of the molecule is CCNc1ccc([N+](=O)[O-])c(NC(C)(C)CC(N)=O)n1. The lowest BCUT2D eigenvalue weighted by Crippen LogP contribution is -2.36. The van der Waals surface area contributed by atoms with Crippen LogP contribution >= 0.6 is 0 Å². The summed E-state index contributed by atoms with van der Waals surface area (Å²) >= 11 is 0. The van der Waals surface area contributed by atoms with Gasteiger partial charge in [-0.15, -0.1) is 0 Å². The van der Waals surface area contributed by atoms with Gasteiger partial charge in [0.15, 0.2) is 0 Å². The minimum atomic E-state index is -0.728. The third kappa shape index (κ3) is 4.38. The number of carbonyl (C=O) groups is 1. The van der Waals surface area contributed by atoms with Gasteiger partial charge in [0.2, 0.25) is 11.7 Å². The van der Waals surface area contributed by atoms with Crippen LogP contribution in [-0.4, -0.2) is 27.9 Å². The second kappa shape index (κ2) is 6.18. The quantitative estimate of drug-likeness (QED) is 0.514. The molecule has 0 saturated carbocycles. The summed E-state index contributed by atoms with van der Waals surface area (Å²) in [6.07, 6.45) is 0.0390. The molecular weight excluding hydrogens is 262 g/mol. The Labute approximate surface area is 116 Å². The van der Waals surface area contributed by atoms with Crippen molar-refractivity contribution in [2.75, 3.05) is 17.2 Å². The fraction of sp³-hybridized carbons (Fsp3) is 0.500. The molecule has 0 atom stereocenters. The number of carbonyl (C=O) groups excluding carboxylic acids is 1. The summed E-state index contributed by atoms with van der Waals surface area (Å²) in [6.45, 7) is 5.99. The van der Waals surface area contributed by atoms with Gasteiger partial charge in [-0.1, -0.05) is 0 Å². The van der Waals surface area contributed by atoms with Crippen LogP contribution < -0.4 is 16.4 Å². The predicted octanol–water partition coefficient (Wildman–Crippen LogP) is 1.49. The molecule has 0 saturated heterocycles. The van der Waals surface area contributed by atoms with Crippen LogP contribution in [0.2, 0.25) is 0 Å². The predicted molar refractivity (Wildman–Crippen MR) is 76.6 cm³/mol. The van der Waals surface area contributed by atoms with E-state index < -0.39 is 16.4 Å². The van der Waals surface area contributed by atoms with Crippen LogP contribution in [0.1, 0.15) is 27.2 Å². The minimum absolute atomic E-state index is 0.0390. The van der Waals surface area contributed by atoms with Crippen molar-refractivity contribution in [2.24, 2.45) is 5.73 Å². The van der Waals surface area contributed by atoms with Crippen LogP contribution in [-0.2, 0) is 4.79 Å². The van der Waals surface area contributed by atoms with Gasteiger partial charge >= 0.3 is 5.69 Å². The lowest BCUT2D eigenvalue weighted by molar-refractivity contribution is -0.384. The Bertz CT molecular complexity index is 516. The summed E-state index contributed by atoms with van der Waals surface area (Å²) in [7, 11) is 0. The van der Waals surface area contributed by atoms with Crippen LogP contribution in [0.5, 0.6) is 0 Å². The van der Waals surface area contributed by atoms with Gasteiger partial charge in [0.05, 0.1) is 4.92 Å². The van der Waals surface area contributed by atoms with E-state index in [-0.39, 0.29) is 17.9 Å². The van der Waals surface area contributed by atoms with Crippen molar-refractivity contribution in [3.63, 3.8) is 0 Å². The summed E-state index contributed by atoms with van der Waals surface area (Å²) < 4.78 is 0. The number of nitrogens with one attached hydrogen (secondary N) is 2. The molecule has 0 aliphatic rings. The monoisotopic (exact) mass is 281 g/mol. The zero-order valence-electron chi connectivity index (χ0n) is 11.8. The zero-order chi connectivity index (χ0) is 15.3. The molecule has 20 heavy (non-hydrogen) atoms. The number of rotatable bonds is 7. The smallest absolute Gasteiger partial charge is 0.311 e. The first-order valence-corrected chi connectivity index (χ1v) is 6.21. The maximum absolute atomic E-state index is 11.0. The highest BCUT2D eigenvalue weighted by molar-refractivity contribution is 5.76. The minimum Gasteiger partial charge on any atom is -0.370 e. The highest BCUT2D eigenvalue weighted by Gasteiger charge is 2.25. The molecule has 1 rings (SSSR count). The average Bonchev–Trinajstić information content (AvgIpc) is 2.26. The molecule has 1 aromatic heterocycles. The van der Waals surface area contributed by atoms with Crippen LogP contribution in [0.25, 0.3) is 0 Å². The largest absolute Gasteiger partial charge is 0.370 e. The molecule has 8 heteroatoms. The van der Waals surface area contributed by atoms with Gasteiger partial charge in [-0.25, -0.2) is 4.98 Å². The van der Waals surface area contributed by atoms with E-state index in [1.165, 1.54) is 12.1 Å². The van der Waals surface area contributed by atoms with Crippen molar-refractivity contribution in [1.82, 2.24) is 4.98 Å². The Morgan fingerprint density at radius 1 is 1.50 bits per heavy atom. The van der Waals surface area contributed by atoms with E-state index in [1.54, 1.807) is 13.8 Å². The molecule has 8 nitrogen and oxygen atoms in total. The van der Waals surface area contributed by atoms with Gasteiger partial charge in [-0.05, 0) is 26.8 Å². The maximum atomic E-state index is 11.0. The van der Waals surface area contributed by atoms with Crippen LogP contribution in [0.3, 0.4) is 0 Å². The second-order valence-electron chi connectivity index (χ2n) is 5.00. The maximum Gasteiger partial charge on any atom is 0.311 e. The van der Waals surface area contributed by atoms with Gasteiger partial charge in [-0.3, -0.25) is 14.9 Å². The summed E-state index contributed by atoms with van der Waals surface area (Å²) in [4.78, 5) is 25.7. The molecule has 1 amide bonds. The summed E-state index contributed by atoms with van der Waals surface area (Å²) in [5, 5.41) is 16.9. The Hall–Kier alpha value is -2.38.